The number of aliphatic hydroxyl groups excluding tert-OH is 4. The topological polar surface area (TPSA) is 122 Å². The van der Waals surface area contributed by atoms with Crippen molar-refractivity contribution in [2.45, 2.75) is 24.9 Å². The summed E-state index contributed by atoms with van der Waals surface area (Å²) in [6.07, 6.45) is -3.10. The second-order valence-corrected chi connectivity index (χ2v) is 4.42. The second-order valence-electron chi connectivity index (χ2n) is 4.42. The van der Waals surface area contributed by atoms with Crippen LogP contribution in [0.4, 0.5) is 0 Å². The highest BCUT2D eigenvalue weighted by atomic mass is 16.4. The summed E-state index contributed by atoms with van der Waals surface area (Å²) in [5.41, 5.74) is 1.72. The largest absolute Gasteiger partial charge is 0.394 e. The van der Waals surface area contributed by atoms with Gasteiger partial charge in [0.25, 0.3) is 0 Å². The van der Waals surface area contributed by atoms with Crippen LogP contribution in [0.1, 0.15) is 5.82 Å². The van der Waals surface area contributed by atoms with E-state index >= 15 is 0 Å². The van der Waals surface area contributed by atoms with Crippen LogP contribution < -0.4 is 0 Å². The standard InChI is InChI=1S/C13H17N3O4/c17-7-11(19)13(20)10(18)5-14-6-12-15-8-3-1-2-4-9(8)16-12/h1-5,10-11,13,17-20H,6-7H2,(H,15,16)/t10-,11+,13+/m0/s1. The molecule has 5 N–H and O–H groups in total. The third kappa shape index (κ3) is 3.40. The van der Waals surface area contributed by atoms with Gasteiger partial charge in [0, 0.05) is 6.21 Å². The highest BCUT2D eigenvalue weighted by molar-refractivity contribution is 5.74. The minimum atomic E-state index is -1.47. The maximum atomic E-state index is 9.54. The van der Waals surface area contributed by atoms with Gasteiger partial charge in [0.15, 0.2) is 0 Å². The predicted molar refractivity (Wildman–Crippen MR) is 73.4 cm³/mol. The Hall–Kier alpha value is -1.80. The van der Waals surface area contributed by atoms with E-state index in [1.807, 2.05) is 24.3 Å². The van der Waals surface area contributed by atoms with Crippen LogP contribution in [0.3, 0.4) is 0 Å². The number of imidazole rings is 1. The Morgan fingerprint density at radius 1 is 1.25 bits per heavy atom. The van der Waals surface area contributed by atoms with Gasteiger partial charge in [-0.1, -0.05) is 12.1 Å². The number of nitrogens with one attached hydrogen (secondary N) is 1. The molecule has 0 unspecified atom stereocenters. The number of H-pyrrole nitrogens is 1. The molecule has 1 heterocycles. The molecule has 0 spiro atoms. The van der Waals surface area contributed by atoms with E-state index in [1.54, 1.807) is 0 Å². The lowest BCUT2D eigenvalue weighted by atomic mass is 10.1. The number of benzene rings is 1. The van der Waals surface area contributed by atoms with E-state index in [4.69, 9.17) is 10.2 Å². The monoisotopic (exact) mass is 279 g/mol. The van der Waals surface area contributed by atoms with Gasteiger partial charge in [-0.2, -0.15) is 0 Å². The van der Waals surface area contributed by atoms with Gasteiger partial charge in [-0.05, 0) is 12.1 Å². The number of rotatable bonds is 6. The average Bonchev–Trinajstić information content (AvgIpc) is 2.88. The van der Waals surface area contributed by atoms with Crippen molar-refractivity contribution >= 4 is 17.2 Å². The zero-order valence-corrected chi connectivity index (χ0v) is 10.7. The smallest absolute Gasteiger partial charge is 0.128 e. The molecule has 0 aliphatic rings. The van der Waals surface area contributed by atoms with Crippen LogP contribution in [0.25, 0.3) is 11.0 Å². The second kappa shape index (κ2) is 6.58. The summed E-state index contributed by atoms with van der Waals surface area (Å²) in [5.74, 6) is 0.631. The fourth-order valence-corrected chi connectivity index (χ4v) is 1.75. The van der Waals surface area contributed by atoms with Crippen LogP contribution in [0.2, 0.25) is 0 Å². The summed E-state index contributed by atoms with van der Waals surface area (Å²) in [7, 11) is 0. The molecule has 20 heavy (non-hydrogen) atoms. The summed E-state index contributed by atoms with van der Waals surface area (Å²) < 4.78 is 0. The molecule has 0 saturated carbocycles. The maximum absolute atomic E-state index is 9.54. The normalized spacial score (nSPS) is 16.6. The first-order valence-electron chi connectivity index (χ1n) is 6.20. The molecule has 0 amide bonds. The molecule has 0 saturated heterocycles. The van der Waals surface area contributed by atoms with Crippen molar-refractivity contribution in [3.05, 3.63) is 30.1 Å². The predicted octanol–water partition coefficient (Wildman–Crippen LogP) is -0.791. The first-order chi connectivity index (χ1) is 9.61. The first-order valence-corrected chi connectivity index (χ1v) is 6.20. The van der Waals surface area contributed by atoms with E-state index in [0.717, 1.165) is 17.2 Å². The van der Waals surface area contributed by atoms with Crippen molar-refractivity contribution < 1.29 is 20.4 Å². The number of aromatic nitrogens is 2. The Bertz CT molecular complexity index is 551. The molecule has 1 aromatic carbocycles. The third-order valence-electron chi connectivity index (χ3n) is 2.87. The van der Waals surface area contributed by atoms with E-state index in [1.165, 1.54) is 0 Å². The quantitative estimate of drug-likeness (QED) is 0.443. The van der Waals surface area contributed by atoms with Gasteiger partial charge in [0.1, 0.15) is 24.1 Å². The van der Waals surface area contributed by atoms with Gasteiger partial charge in [-0.25, -0.2) is 4.98 Å². The lowest BCUT2D eigenvalue weighted by Gasteiger charge is -2.17. The van der Waals surface area contributed by atoms with Crippen LogP contribution in [0, 0.1) is 0 Å². The highest BCUT2D eigenvalue weighted by Crippen LogP contribution is 2.10. The Morgan fingerprint density at radius 3 is 2.70 bits per heavy atom. The fourth-order valence-electron chi connectivity index (χ4n) is 1.75. The molecular formula is C13H17N3O4. The molecule has 7 heteroatoms. The minimum absolute atomic E-state index is 0.216. The summed E-state index contributed by atoms with van der Waals surface area (Å²) >= 11 is 0. The van der Waals surface area contributed by atoms with Crippen molar-refractivity contribution in [2.75, 3.05) is 6.61 Å². The van der Waals surface area contributed by atoms with Gasteiger partial charge in [0.2, 0.25) is 0 Å². The van der Waals surface area contributed by atoms with E-state index in [9.17, 15) is 10.2 Å². The third-order valence-corrected chi connectivity index (χ3v) is 2.87. The van der Waals surface area contributed by atoms with Crippen LogP contribution in [0.15, 0.2) is 29.3 Å². The van der Waals surface area contributed by atoms with Crippen molar-refractivity contribution in [1.82, 2.24) is 9.97 Å². The zero-order chi connectivity index (χ0) is 14.5. The number of hydrogen-bond donors (Lipinski definition) is 5. The van der Waals surface area contributed by atoms with Crippen LogP contribution in [0.5, 0.6) is 0 Å². The minimum Gasteiger partial charge on any atom is -0.394 e. The Morgan fingerprint density at radius 2 is 2.00 bits per heavy atom. The summed E-state index contributed by atoms with van der Waals surface area (Å²) in [4.78, 5) is 11.3. The number of aliphatic imine (C=N–C) groups is 1. The van der Waals surface area contributed by atoms with Crippen molar-refractivity contribution in [3.8, 4) is 0 Å². The lowest BCUT2D eigenvalue weighted by molar-refractivity contribution is -0.0541. The van der Waals surface area contributed by atoms with E-state index in [-0.39, 0.29) is 6.54 Å². The number of aliphatic hydroxyl groups is 4. The molecule has 108 valence electrons. The average molecular weight is 279 g/mol. The highest BCUT2D eigenvalue weighted by Gasteiger charge is 2.22. The molecule has 0 fully saturated rings. The Labute approximate surface area is 115 Å². The van der Waals surface area contributed by atoms with Crippen LogP contribution in [-0.4, -0.2) is 61.5 Å². The molecule has 0 aliphatic carbocycles. The molecule has 7 nitrogen and oxygen atoms in total. The number of fused-ring (bicyclic) bond motifs is 1. The summed E-state index contributed by atoms with van der Waals surface area (Å²) in [6.45, 7) is -0.413. The van der Waals surface area contributed by atoms with Crippen molar-refractivity contribution in [1.29, 1.82) is 0 Å². The first kappa shape index (κ1) is 14.6. The van der Waals surface area contributed by atoms with E-state index in [2.05, 4.69) is 15.0 Å². The summed E-state index contributed by atoms with van der Waals surface area (Å²) in [6, 6.07) is 7.54. The van der Waals surface area contributed by atoms with Crippen LogP contribution in [-0.2, 0) is 6.54 Å². The molecule has 1 aromatic heterocycles. The Kier molecular flexibility index (Phi) is 4.80. The molecule has 0 bridgehead atoms. The van der Waals surface area contributed by atoms with Crippen LogP contribution >= 0.6 is 0 Å². The van der Waals surface area contributed by atoms with Gasteiger partial charge < -0.3 is 25.4 Å². The van der Waals surface area contributed by atoms with Gasteiger partial charge >= 0.3 is 0 Å². The van der Waals surface area contributed by atoms with E-state index in [0.29, 0.717) is 5.82 Å². The SMILES string of the molecule is OC[C@@H](O)[C@H](O)[C@@H](O)C=NCc1nc2ccccc2[nH]1. The molecule has 0 aliphatic heterocycles. The number of nitrogens with zero attached hydrogens (tertiary/aromatic N) is 2. The van der Waals surface area contributed by atoms with Crippen molar-refractivity contribution in [3.63, 3.8) is 0 Å². The van der Waals surface area contributed by atoms with Gasteiger partial charge in [0.05, 0.1) is 24.2 Å². The van der Waals surface area contributed by atoms with Gasteiger partial charge in [-0.15, -0.1) is 0 Å². The molecule has 2 aromatic rings. The van der Waals surface area contributed by atoms with E-state index < -0.39 is 24.9 Å². The van der Waals surface area contributed by atoms with Crippen molar-refractivity contribution in [2.24, 2.45) is 4.99 Å². The maximum Gasteiger partial charge on any atom is 0.128 e. The van der Waals surface area contributed by atoms with Gasteiger partial charge in [-0.3, -0.25) is 4.99 Å². The number of aromatic amines is 1. The number of hydrogen-bond acceptors (Lipinski definition) is 6. The zero-order valence-electron chi connectivity index (χ0n) is 10.7. The Balaban J connectivity index is 1.95. The number of para-hydroxylation sites is 2. The molecule has 0 radical (unpaired) electrons. The lowest BCUT2D eigenvalue weighted by Crippen LogP contribution is -2.40. The summed E-state index contributed by atoms with van der Waals surface area (Å²) in [5, 5.41) is 36.8. The fraction of sp³-hybridized carbons (Fsp3) is 0.385. The molecule has 3 atom stereocenters. The molecule has 2 rings (SSSR count). The molecular weight excluding hydrogens is 262 g/mol.